The van der Waals surface area contributed by atoms with Gasteiger partial charge in [0.25, 0.3) is 0 Å². The molecule has 0 radical (unpaired) electrons. The molecule has 0 aliphatic heterocycles. The van der Waals surface area contributed by atoms with Gasteiger partial charge in [0.15, 0.2) is 5.69 Å². The maximum atomic E-state index is 11.6. The first kappa shape index (κ1) is 15.6. The zero-order chi connectivity index (χ0) is 14.5. The Labute approximate surface area is 117 Å². The van der Waals surface area contributed by atoms with E-state index in [-0.39, 0.29) is 17.0 Å². The molecule has 0 atom stereocenters. The fourth-order valence-corrected chi connectivity index (χ4v) is 2.18. The van der Waals surface area contributed by atoms with Crippen molar-refractivity contribution < 1.29 is 14.7 Å². The third kappa shape index (κ3) is 6.33. The maximum absolute atomic E-state index is 11.6. The quantitative estimate of drug-likeness (QED) is 0.840. The van der Waals surface area contributed by atoms with Crippen molar-refractivity contribution in [1.82, 2.24) is 10.3 Å². The average Bonchev–Trinajstić information content (AvgIpc) is 2.74. The number of rotatable bonds is 6. The summed E-state index contributed by atoms with van der Waals surface area (Å²) in [5, 5.41) is 13.8. The van der Waals surface area contributed by atoms with Gasteiger partial charge in [-0.1, -0.05) is 20.8 Å². The summed E-state index contributed by atoms with van der Waals surface area (Å²) in [4.78, 5) is 26.2. The first-order chi connectivity index (χ1) is 8.78. The first-order valence-electron chi connectivity index (χ1n) is 6.22. The van der Waals surface area contributed by atoms with Crippen LogP contribution in [0.3, 0.4) is 0 Å². The van der Waals surface area contributed by atoms with E-state index in [1.54, 1.807) is 0 Å². The van der Waals surface area contributed by atoms with Crippen molar-refractivity contribution in [2.24, 2.45) is 5.41 Å². The normalized spacial score (nSPS) is 11.3. The molecule has 1 aromatic heterocycles. The molecule has 0 saturated carbocycles. The number of carboxylic acid groups (broad SMARTS) is 1. The zero-order valence-corrected chi connectivity index (χ0v) is 12.3. The van der Waals surface area contributed by atoms with Gasteiger partial charge in [0.05, 0.1) is 5.01 Å². The lowest BCUT2D eigenvalue weighted by Crippen LogP contribution is -2.26. The third-order valence-corrected chi connectivity index (χ3v) is 3.44. The fourth-order valence-electron chi connectivity index (χ4n) is 1.41. The highest BCUT2D eigenvalue weighted by Gasteiger charge is 2.13. The number of aromatic nitrogens is 1. The number of carbonyl (C=O) groups excluding carboxylic acids is 1. The molecule has 6 heteroatoms. The van der Waals surface area contributed by atoms with E-state index in [4.69, 9.17) is 5.11 Å². The summed E-state index contributed by atoms with van der Waals surface area (Å²) in [6.45, 7) is 6.80. The lowest BCUT2D eigenvalue weighted by Gasteiger charge is -2.17. The zero-order valence-electron chi connectivity index (χ0n) is 11.5. The van der Waals surface area contributed by atoms with Gasteiger partial charge in [-0.25, -0.2) is 9.78 Å². The maximum Gasteiger partial charge on any atom is 0.355 e. The Bertz CT molecular complexity index is 449. The largest absolute Gasteiger partial charge is 0.476 e. The predicted molar refractivity (Wildman–Crippen MR) is 74.5 cm³/mol. The number of hydrogen-bond donors (Lipinski definition) is 2. The highest BCUT2D eigenvalue weighted by Crippen LogP contribution is 2.20. The molecule has 106 valence electrons. The summed E-state index contributed by atoms with van der Waals surface area (Å²) in [5.74, 6) is -0.985. The SMILES string of the molecule is CC(C)(C)CCC(=O)NCCc1nc(C(=O)O)cs1. The van der Waals surface area contributed by atoms with Crippen molar-refractivity contribution in [2.45, 2.75) is 40.0 Å². The second-order valence-corrected chi connectivity index (χ2v) is 6.53. The van der Waals surface area contributed by atoms with Gasteiger partial charge in [-0.05, 0) is 11.8 Å². The minimum atomic E-state index is -1.02. The van der Waals surface area contributed by atoms with Crippen LogP contribution < -0.4 is 5.32 Å². The van der Waals surface area contributed by atoms with Gasteiger partial charge in [-0.3, -0.25) is 4.79 Å². The van der Waals surface area contributed by atoms with Crippen molar-refractivity contribution in [1.29, 1.82) is 0 Å². The Morgan fingerprint density at radius 3 is 2.63 bits per heavy atom. The highest BCUT2D eigenvalue weighted by molar-refractivity contribution is 7.09. The van der Waals surface area contributed by atoms with E-state index >= 15 is 0 Å². The minimum absolute atomic E-state index is 0.0324. The van der Waals surface area contributed by atoms with Crippen LogP contribution in [-0.2, 0) is 11.2 Å². The molecule has 1 aromatic rings. The van der Waals surface area contributed by atoms with Crippen LogP contribution >= 0.6 is 11.3 Å². The van der Waals surface area contributed by atoms with Gasteiger partial charge in [-0.15, -0.1) is 11.3 Å². The molecule has 0 aromatic carbocycles. The number of hydrogen-bond acceptors (Lipinski definition) is 4. The van der Waals surface area contributed by atoms with Gasteiger partial charge < -0.3 is 10.4 Å². The van der Waals surface area contributed by atoms with Crippen LogP contribution in [0, 0.1) is 5.41 Å². The topological polar surface area (TPSA) is 79.3 Å². The molecule has 19 heavy (non-hydrogen) atoms. The van der Waals surface area contributed by atoms with Crippen LogP contribution in [0.5, 0.6) is 0 Å². The van der Waals surface area contributed by atoms with Crippen LogP contribution in [-0.4, -0.2) is 28.5 Å². The summed E-state index contributed by atoms with van der Waals surface area (Å²) in [6.07, 6.45) is 1.93. The van der Waals surface area contributed by atoms with E-state index in [1.807, 2.05) is 0 Å². The molecular formula is C13H20N2O3S. The van der Waals surface area contributed by atoms with Gasteiger partial charge in [0, 0.05) is 24.8 Å². The number of thiazole rings is 1. The molecule has 0 aliphatic carbocycles. The molecule has 2 N–H and O–H groups in total. The second-order valence-electron chi connectivity index (χ2n) is 5.59. The number of aromatic carboxylic acids is 1. The van der Waals surface area contributed by atoms with E-state index in [2.05, 4.69) is 31.1 Å². The monoisotopic (exact) mass is 284 g/mol. The third-order valence-electron chi connectivity index (χ3n) is 2.53. The Morgan fingerprint density at radius 2 is 2.11 bits per heavy atom. The van der Waals surface area contributed by atoms with Crippen molar-refractivity contribution in [3.8, 4) is 0 Å². The Morgan fingerprint density at radius 1 is 1.42 bits per heavy atom. The molecule has 0 unspecified atom stereocenters. The van der Waals surface area contributed by atoms with Crippen LogP contribution in [0.15, 0.2) is 5.38 Å². The smallest absolute Gasteiger partial charge is 0.355 e. The summed E-state index contributed by atoms with van der Waals surface area (Å²) in [7, 11) is 0. The van der Waals surface area contributed by atoms with Crippen molar-refractivity contribution in [3.05, 3.63) is 16.1 Å². The second kappa shape index (κ2) is 6.65. The van der Waals surface area contributed by atoms with E-state index in [0.717, 1.165) is 11.4 Å². The number of carboxylic acids is 1. The van der Waals surface area contributed by atoms with E-state index in [1.165, 1.54) is 16.7 Å². The fraction of sp³-hybridized carbons (Fsp3) is 0.615. The van der Waals surface area contributed by atoms with Crippen LogP contribution in [0.25, 0.3) is 0 Å². The summed E-state index contributed by atoms with van der Waals surface area (Å²) >= 11 is 1.30. The molecule has 0 fully saturated rings. The number of carbonyl (C=O) groups is 2. The lowest BCUT2D eigenvalue weighted by atomic mass is 9.90. The molecular weight excluding hydrogens is 264 g/mol. The molecule has 1 heterocycles. The number of nitrogens with zero attached hydrogens (tertiary/aromatic N) is 1. The lowest BCUT2D eigenvalue weighted by molar-refractivity contribution is -0.121. The molecule has 0 aliphatic rings. The van der Waals surface area contributed by atoms with Gasteiger partial charge >= 0.3 is 5.97 Å². The van der Waals surface area contributed by atoms with Gasteiger partial charge in [0.1, 0.15) is 0 Å². The molecule has 1 rings (SSSR count). The average molecular weight is 284 g/mol. The van der Waals surface area contributed by atoms with Crippen molar-refractivity contribution in [2.75, 3.05) is 6.54 Å². The van der Waals surface area contributed by atoms with Crippen LogP contribution in [0.4, 0.5) is 0 Å². The van der Waals surface area contributed by atoms with Gasteiger partial charge in [-0.2, -0.15) is 0 Å². The predicted octanol–water partition coefficient (Wildman–Crippen LogP) is 2.33. The molecule has 0 saturated heterocycles. The molecule has 5 nitrogen and oxygen atoms in total. The molecule has 0 spiro atoms. The van der Waals surface area contributed by atoms with E-state index in [0.29, 0.717) is 19.4 Å². The van der Waals surface area contributed by atoms with Crippen molar-refractivity contribution >= 4 is 23.2 Å². The number of amides is 1. The van der Waals surface area contributed by atoms with Crippen LogP contribution in [0.2, 0.25) is 0 Å². The van der Waals surface area contributed by atoms with Crippen molar-refractivity contribution in [3.63, 3.8) is 0 Å². The summed E-state index contributed by atoms with van der Waals surface area (Å²) < 4.78 is 0. The molecule has 0 bridgehead atoms. The Hall–Kier alpha value is -1.43. The Kier molecular flexibility index (Phi) is 5.47. The number of nitrogens with one attached hydrogen (secondary N) is 1. The Balaban J connectivity index is 2.26. The summed E-state index contributed by atoms with van der Waals surface area (Å²) in [5.41, 5.74) is 0.224. The first-order valence-corrected chi connectivity index (χ1v) is 7.10. The standard InChI is InChI=1S/C13H20N2O3S/c1-13(2,3)6-4-10(16)14-7-5-11-15-9(8-19-11)12(17)18/h8H,4-7H2,1-3H3,(H,14,16)(H,17,18). The van der Waals surface area contributed by atoms with E-state index in [9.17, 15) is 9.59 Å². The van der Waals surface area contributed by atoms with E-state index < -0.39 is 5.97 Å². The highest BCUT2D eigenvalue weighted by atomic mass is 32.1. The van der Waals surface area contributed by atoms with Crippen LogP contribution in [0.1, 0.15) is 49.1 Å². The summed E-state index contributed by atoms with van der Waals surface area (Å²) in [6, 6.07) is 0. The minimum Gasteiger partial charge on any atom is -0.476 e. The van der Waals surface area contributed by atoms with Gasteiger partial charge in [0.2, 0.25) is 5.91 Å². The molecule has 1 amide bonds.